The maximum absolute atomic E-state index is 14.4. The monoisotopic (exact) mass is 407 g/mol. The first-order valence-corrected chi connectivity index (χ1v) is 6.73. The van der Waals surface area contributed by atoms with Gasteiger partial charge in [-0.25, -0.2) is 8.78 Å². The molecule has 0 rings (SSSR count). The topological polar surface area (TPSA) is 116 Å². The Morgan fingerprint density at radius 1 is 1.17 bits per heavy atom. The summed E-state index contributed by atoms with van der Waals surface area (Å²) in [5, 5.41) is 9.59. The van der Waals surface area contributed by atoms with Gasteiger partial charge >= 0.3 is 5.92 Å². The highest BCUT2D eigenvalue weighted by Crippen LogP contribution is 2.30. The van der Waals surface area contributed by atoms with Crippen LogP contribution in [0.5, 0.6) is 0 Å². The molecule has 0 saturated heterocycles. The van der Waals surface area contributed by atoms with Crippen LogP contribution in [0.15, 0.2) is 0 Å². The molecule has 0 fully saturated rings. The van der Waals surface area contributed by atoms with Crippen molar-refractivity contribution in [3.63, 3.8) is 0 Å². The summed E-state index contributed by atoms with van der Waals surface area (Å²) < 4.78 is 61.1. The highest BCUT2D eigenvalue weighted by Gasteiger charge is 2.53. The second-order valence-electron chi connectivity index (χ2n) is 3.91. The SMILES string of the molecule is [2H]C(=O)COC[C@@H](O)C(F)(F)[C@H](OCC([2H])=O)[C@@H](OCC([2H])=O)C(=O)Br. The predicted octanol–water partition coefficient (Wildman–Crippen LogP) is -0.712. The van der Waals surface area contributed by atoms with E-state index in [4.69, 9.17) is 4.11 Å². The van der Waals surface area contributed by atoms with E-state index in [1.807, 2.05) is 0 Å². The highest BCUT2D eigenvalue weighted by molar-refractivity contribution is 9.18. The molecular formula is C12H15BrF2O8. The van der Waals surface area contributed by atoms with E-state index in [1.165, 1.54) is 0 Å². The molecule has 8 nitrogen and oxygen atoms in total. The minimum atomic E-state index is -4.31. The molecule has 0 unspecified atom stereocenters. The van der Waals surface area contributed by atoms with Gasteiger partial charge in [-0.2, -0.15) is 0 Å². The van der Waals surface area contributed by atoms with E-state index in [9.17, 15) is 33.1 Å². The first kappa shape index (κ1) is 16.7. The van der Waals surface area contributed by atoms with Gasteiger partial charge in [-0.05, 0) is 15.9 Å². The first-order chi connectivity index (χ1) is 11.9. The molecule has 0 aromatic heterocycles. The Kier molecular flexibility index (Phi) is 8.28. The van der Waals surface area contributed by atoms with Crippen LogP contribution in [0.2, 0.25) is 0 Å². The molecule has 0 bridgehead atoms. The van der Waals surface area contributed by atoms with E-state index in [-0.39, 0.29) is 0 Å². The summed E-state index contributed by atoms with van der Waals surface area (Å²) in [4.78, 5) is 43.2. The lowest BCUT2D eigenvalue weighted by Gasteiger charge is -2.33. The Hall–Kier alpha value is -1.14. The van der Waals surface area contributed by atoms with Gasteiger partial charge in [-0.3, -0.25) is 4.79 Å². The molecule has 11 heteroatoms. The number of rotatable bonds is 14. The normalized spacial score (nSPS) is 17.3. The fourth-order valence-electron chi connectivity index (χ4n) is 1.43. The van der Waals surface area contributed by atoms with Crippen molar-refractivity contribution >= 4 is 39.4 Å². The minimum Gasteiger partial charge on any atom is -0.384 e. The number of aldehydes is 3. The molecule has 23 heavy (non-hydrogen) atoms. The molecule has 3 atom stereocenters. The van der Waals surface area contributed by atoms with Gasteiger partial charge in [0.05, 0.1) is 6.61 Å². The van der Waals surface area contributed by atoms with E-state index in [1.54, 1.807) is 0 Å². The summed E-state index contributed by atoms with van der Waals surface area (Å²) in [6, 6.07) is 0. The van der Waals surface area contributed by atoms with Crippen molar-refractivity contribution in [2.75, 3.05) is 26.4 Å². The average Bonchev–Trinajstić information content (AvgIpc) is 2.48. The summed E-state index contributed by atoms with van der Waals surface area (Å²) >= 11 is 2.35. The van der Waals surface area contributed by atoms with Crippen molar-refractivity contribution < 1.29 is 51.4 Å². The van der Waals surface area contributed by atoms with Crippen LogP contribution >= 0.6 is 15.9 Å². The smallest absolute Gasteiger partial charge is 0.304 e. The number of carbonyl (C=O) groups excluding carboxylic acids is 4. The molecule has 132 valence electrons. The number of ether oxygens (including phenoxy) is 3. The molecule has 0 radical (unpaired) electrons. The second kappa shape index (κ2) is 11.4. The van der Waals surface area contributed by atoms with Crippen molar-refractivity contribution in [3.05, 3.63) is 0 Å². The summed E-state index contributed by atoms with van der Waals surface area (Å²) in [6.45, 7) is -4.26. The van der Waals surface area contributed by atoms with Crippen LogP contribution in [0.3, 0.4) is 0 Å². The third-order valence-electron chi connectivity index (χ3n) is 2.40. The number of hydrogen-bond acceptors (Lipinski definition) is 8. The van der Waals surface area contributed by atoms with Crippen LogP contribution in [0.4, 0.5) is 8.78 Å². The Morgan fingerprint density at radius 3 is 2.17 bits per heavy atom. The van der Waals surface area contributed by atoms with Gasteiger partial charge in [0.2, 0.25) is 4.69 Å². The van der Waals surface area contributed by atoms with E-state index in [0.717, 1.165) is 0 Å². The highest BCUT2D eigenvalue weighted by atomic mass is 79.9. The third-order valence-corrected chi connectivity index (χ3v) is 2.85. The molecule has 0 spiro atoms. The minimum absolute atomic E-state index is 0.880. The van der Waals surface area contributed by atoms with Gasteiger partial charge < -0.3 is 33.7 Å². The zero-order chi connectivity index (χ0) is 20.5. The lowest BCUT2D eigenvalue weighted by molar-refractivity contribution is -0.229. The molecule has 0 aliphatic rings. The maximum Gasteiger partial charge on any atom is 0.304 e. The average molecular weight is 408 g/mol. The number of hydrogen-bond donors (Lipinski definition) is 1. The molecular weight excluding hydrogens is 390 g/mol. The van der Waals surface area contributed by atoms with Crippen molar-refractivity contribution in [3.8, 4) is 0 Å². The van der Waals surface area contributed by atoms with Crippen LogP contribution in [0.25, 0.3) is 0 Å². The summed E-state index contributed by atoms with van der Waals surface area (Å²) in [5.74, 6) is -4.31. The van der Waals surface area contributed by atoms with Crippen molar-refractivity contribution in [1.29, 1.82) is 0 Å². The van der Waals surface area contributed by atoms with Crippen LogP contribution in [-0.4, -0.2) is 79.2 Å². The van der Waals surface area contributed by atoms with Gasteiger partial charge in [-0.1, -0.05) is 0 Å². The maximum atomic E-state index is 14.4. The molecule has 0 aliphatic carbocycles. The van der Waals surface area contributed by atoms with Gasteiger partial charge in [0.15, 0.2) is 12.2 Å². The van der Waals surface area contributed by atoms with Gasteiger partial charge in [0.1, 0.15) is 48.8 Å². The van der Waals surface area contributed by atoms with E-state index in [0.29, 0.717) is 0 Å². The Balaban J connectivity index is 5.42. The van der Waals surface area contributed by atoms with Crippen LogP contribution in [-0.2, 0) is 33.4 Å². The fraction of sp³-hybridized carbons (Fsp3) is 0.667. The number of aliphatic hydroxyl groups is 1. The number of halogens is 3. The van der Waals surface area contributed by atoms with Crippen LogP contribution in [0, 0.1) is 0 Å². The van der Waals surface area contributed by atoms with E-state index in [2.05, 4.69) is 30.1 Å². The van der Waals surface area contributed by atoms with Crippen LogP contribution < -0.4 is 0 Å². The molecule has 0 saturated carbocycles. The van der Waals surface area contributed by atoms with Crippen molar-refractivity contribution in [2.24, 2.45) is 0 Å². The third kappa shape index (κ3) is 7.31. The molecule has 1 N–H and O–H groups in total. The van der Waals surface area contributed by atoms with Gasteiger partial charge in [-0.15, -0.1) is 0 Å². The quantitative estimate of drug-likeness (QED) is 0.296. The fourth-order valence-corrected chi connectivity index (χ4v) is 1.81. The Labute approximate surface area is 142 Å². The molecule has 0 aromatic rings. The van der Waals surface area contributed by atoms with Gasteiger partial charge in [0.25, 0.3) is 0 Å². The number of aliphatic hydroxyl groups excluding tert-OH is 1. The van der Waals surface area contributed by atoms with Crippen molar-refractivity contribution in [1.82, 2.24) is 0 Å². The lowest BCUT2D eigenvalue weighted by atomic mass is 10.0. The largest absolute Gasteiger partial charge is 0.384 e. The Bertz CT molecular complexity index is 537. The Morgan fingerprint density at radius 2 is 1.70 bits per heavy atom. The van der Waals surface area contributed by atoms with Crippen LogP contribution in [0.1, 0.15) is 4.11 Å². The number of carbonyl (C=O) groups is 4. The molecule has 0 aromatic carbocycles. The standard InChI is InChI=1S/C12H15BrF2O8/c13-11(20)9(22-5-2-17)10(23-6-3-18)12(14,15)8(19)7-21-4-1-16/h1-3,8-10,19H,4-7H2/t8-,9-,10-/m1/s1/i1D,2D,3D. The summed E-state index contributed by atoms with van der Waals surface area (Å²) in [5.41, 5.74) is 0. The molecule has 0 aliphatic heterocycles. The molecule has 0 heterocycles. The zero-order valence-electron chi connectivity index (χ0n) is 14.5. The van der Waals surface area contributed by atoms with Gasteiger partial charge in [0, 0.05) is 0 Å². The predicted molar refractivity (Wildman–Crippen MR) is 73.4 cm³/mol. The first-order valence-electron chi connectivity index (χ1n) is 7.44. The van der Waals surface area contributed by atoms with E-state index < -0.39 is 74.1 Å². The summed E-state index contributed by atoms with van der Waals surface area (Å²) in [7, 11) is 0. The van der Waals surface area contributed by atoms with E-state index >= 15 is 0 Å². The number of alkyl halides is 2. The summed E-state index contributed by atoms with van der Waals surface area (Å²) in [6.07, 6.45) is -11.5. The second-order valence-corrected chi connectivity index (χ2v) is 4.69. The molecule has 0 amide bonds. The van der Waals surface area contributed by atoms with Crippen molar-refractivity contribution in [2.45, 2.75) is 24.2 Å². The lowest BCUT2D eigenvalue weighted by Crippen LogP contribution is -2.55. The zero-order valence-corrected chi connectivity index (χ0v) is 13.1.